The number of ether oxygens (including phenoxy) is 2. The normalized spacial score (nSPS) is 27.9. The van der Waals surface area contributed by atoms with Gasteiger partial charge in [-0.05, 0) is 11.1 Å². The Morgan fingerprint density at radius 2 is 0.909 bits per heavy atom. The third kappa shape index (κ3) is 6.86. The molecule has 2 aliphatic rings. The van der Waals surface area contributed by atoms with Crippen molar-refractivity contribution in [1.29, 1.82) is 0 Å². The van der Waals surface area contributed by atoms with E-state index in [-0.39, 0.29) is 50.9 Å². The van der Waals surface area contributed by atoms with E-state index in [1.807, 2.05) is 48.5 Å². The van der Waals surface area contributed by atoms with Gasteiger partial charge in [0.1, 0.15) is 26.2 Å². The first-order chi connectivity index (χ1) is 14.0. The molecule has 2 aliphatic heterocycles. The maximum absolute atomic E-state index is 11.0. The van der Waals surface area contributed by atoms with Crippen molar-refractivity contribution in [2.45, 2.75) is 11.6 Å². The van der Waals surface area contributed by atoms with Gasteiger partial charge in [0.2, 0.25) is 11.6 Å². The van der Waals surface area contributed by atoms with Gasteiger partial charge in [0.25, 0.3) is 0 Å². The maximum atomic E-state index is 11.0. The van der Waals surface area contributed by atoms with Crippen LogP contribution in [0, 0.1) is 0 Å². The monoisotopic (exact) mass is 651 g/mol. The van der Waals surface area contributed by atoms with Crippen LogP contribution in [-0.2, 0) is 21.0 Å². The SMILES string of the molecule is C[N+]1(C)CCOC(O)(c2ccc(-c3ccc(C4(O)C[N+](C)(C)CCO4)cc3)cc2)C1.[Br-].[Br-].[Br-]. The molecule has 186 valence electrons. The fourth-order valence-corrected chi connectivity index (χ4v) is 4.53. The van der Waals surface area contributed by atoms with Gasteiger partial charge >= 0.3 is 0 Å². The van der Waals surface area contributed by atoms with E-state index in [2.05, 4.69) is 28.2 Å². The van der Waals surface area contributed by atoms with Crippen LogP contribution >= 0.6 is 0 Å². The fraction of sp³-hybridized carbons (Fsp3) is 0.500. The van der Waals surface area contributed by atoms with Crippen molar-refractivity contribution in [1.82, 2.24) is 0 Å². The summed E-state index contributed by atoms with van der Waals surface area (Å²) in [7, 11) is 8.42. The molecular weight excluding hydrogens is 620 g/mol. The van der Waals surface area contributed by atoms with E-state index in [9.17, 15) is 10.2 Å². The summed E-state index contributed by atoms with van der Waals surface area (Å²) in [5.74, 6) is -2.51. The van der Waals surface area contributed by atoms with Crippen LogP contribution in [0.3, 0.4) is 0 Å². The Bertz CT molecular complexity index is 833. The Morgan fingerprint density at radius 1 is 0.606 bits per heavy atom. The third-order valence-electron chi connectivity index (χ3n) is 6.36. The maximum Gasteiger partial charge on any atom is 0.243 e. The number of nitrogens with zero attached hydrogens (tertiary/aromatic N) is 2. The number of aliphatic hydroxyl groups is 2. The molecule has 0 aromatic heterocycles. The van der Waals surface area contributed by atoms with E-state index in [4.69, 9.17) is 9.47 Å². The number of quaternary nitrogens is 2. The van der Waals surface area contributed by atoms with Gasteiger partial charge in [-0.1, -0.05) is 48.5 Å². The molecule has 2 unspecified atom stereocenters. The first-order valence-electron chi connectivity index (χ1n) is 10.6. The first-order valence-corrected chi connectivity index (χ1v) is 10.6. The highest BCUT2D eigenvalue weighted by molar-refractivity contribution is 5.64. The molecule has 0 radical (unpaired) electrons. The Kier molecular flexibility index (Phi) is 10.4. The molecule has 2 atom stereocenters. The summed E-state index contributed by atoms with van der Waals surface area (Å²) >= 11 is 0. The van der Waals surface area contributed by atoms with Crippen LogP contribution in [0.4, 0.5) is 0 Å². The second-order valence-corrected chi connectivity index (χ2v) is 10.1. The second-order valence-electron chi connectivity index (χ2n) is 10.1. The minimum absolute atomic E-state index is 0. The standard InChI is InChI=1S/C24H34N2O4.3BrH/c1-25(2)13-15-29-23(27,17-25)21-9-5-19(6-10-21)20-7-11-22(12-8-20)24(28)18-26(3,4)14-16-30-24;;;/h5-12,27-28H,13-18H2,1-4H3;3*1H/q+2;;;/p-3. The van der Waals surface area contributed by atoms with E-state index < -0.39 is 11.6 Å². The van der Waals surface area contributed by atoms with Gasteiger partial charge in [-0.15, -0.1) is 0 Å². The minimum atomic E-state index is -1.25. The quantitative estimate of drug-likeness (QED) is 0.324. The molecular formula is C24H34Br3N2O4-. The Hall–Kier alpha value is -0.360. The van der Waals surface area contributed by atoms with Crippen molar-refractivity contribution in [2.24, 2.45) is 0 Å². The van der Waals surface area contributed by atoms with Gasteiger partial charge in [-0.2, -0.15) is 0 Å². The summed E-state index contributed by atoms with van der Waals surface area (Å²) in [5.41, 5.74) is 3.65. The lowest BCUT2D eigenvalue weighted by Crippen LogP contribution is -3.00. The van der Waals surface area contributed by atoms with E-state index in [0.717, 1.165) is 44.3 Å². The van der Waals surface area contributed by atoms with Crippen LogP contribution in [0.2, 0.25) is 0 Å². The highest BCUT2D eigenvalue weighted by Gasteiger charge is 2.43. The van der Waals surface area contributed by atoms with E-state index in [0.29, 0.717) is 26.3 Å². The molecule has 2 fully saturated rings. The lowest BCUT2D eigenvalue weighted by Gasteiger charge is -2.42. The predicted octanol–water partition coefficient (Wildman–Crippen LogP) is -7.13. The Labute approximate surface area is 228 Å². The zero-order valence-corrected chi connectivity index (χ0v) is 24.4. The van der Waals surface area contributed by atoms with E-state index in [1.54, 1.807) is 0 Å². The molecule has 0 spiro atoms. The summed E-state index contributed by atoms with van der Waals surface area (Å²) < 4.78 is 12.9. The molecule has 2 aromatic carbocycles. The Balaban J connectivity index is 0.00000181. The van der Waals surface area contributed by atoms with Crippen molar-refractivity contribution in [3.05, 3.63) is 59.7 Å². The number of halogens is 3. The highest BCUT2D eigenvalue weighted by Crippen LogP contribution is 2.33. The number of morpholine rings is 2. The van der Waals surface area contributed by atoms with Crippen molar-refractivity contribution >= 4 is 0 Å². The minimum Gasteiger partial charge on any atom is -1.00 e. The smallest absolute Gasteiger partial charge is 0.243 e. The van der Waals surface area contributed by atoms with Crippen molar-refractivity contribution in [3.63, 3.8) is 0 Å². The van der Waals surface area contributed by atoms with Crippen LogP contribution < -0.4 is 50.9 Å². The van der Waals surface area contributed by atoms with Gasteiger partial charge in [-0.3, -0.25) is 0 Å². The molecule has 4 rings (SSSR count). The Morgan fingerprint density at radius 3 is 1.18 bits per heavy atom. The van der Waals surface area contributed by atoms with Gasteiger partial charge in [-0.25, -0.2) is 0 Å². The van der Waals surface area contributed by atoms with Crippen LogP contribution in [-0.4, -0.2) is 86.8 Å². The first kappa shape index (κ1) is 30.7. The van der Waals surface area contributed by atoms with Crippen molar-refractivity contribution in [3.8, 4) is 11.1 Å². The topological polar surface area (TPSA) is 58.9 Å². The fourth-order valence-electron chi connectivity index (χ4n) is 4.53. The summed E-state index contributed by atoms with van der Waals surface area (Å²) in [6.07, 6.45) is 0. The second kappa shape index (κ2) is 11.1. The average Bonchev–Trinajstić information content (AvgIpc) is 2.66. The number of rotatable bonds is 3. The van der Waals surface area contributed by atoms with Gasteiger partial charge < -0.3 is 79.6 Å². The molecule has 0 saturated carbocycles. The van der Waals surface area contributed by atoms with Crippen LogP contribution in [0.25, 0.3) is 11.1 Å². The number of hydrogen-bond acceptors (Lipinski definition) is 4. The van der Waals surface area contributed by atoms with Crippen LogP contribution in [0.15, 0.2) is 48.5 Å². The van der Waals surface area contributed by atoms with E-state index in [1.165, 1.54) is 0 Å². The third-order valence-corrected chi connectivity index (χ3v) is 6.36. The summed E-state index contributed by atoms with van der Waals surface area (Å²) in [6.45, 7) is 3.89. The van der Waals surface area contributed by atoms with Gasteiger partial charge in [0.15, 0.2) is 0 Å². The van der Waals surface area contributed by atoms with Crippen molar-refractivity contribution in [2.75, 3.05) is 67.6 Å². The lowest BCUT2D eigenvalue weighted by molar-refractivity contribution is -0.912. The van der Waals surface area contributed by atoms with Crippen molar-refractivity contribution < 1.29 is 79.6 Å². The highest BCUT2D eigenvalue weighted by atomic mass is 79.9. The van der Waals surface area contributed by atoms with Crippen LogP contribution in [0.1, 0.15) is 11.1 Å². The molecule has 2 saturated heterocycles. The average molecular weight is 654 g/mol. The summed E-state index contributed by atoms with van der Waals surface area (Å²) in [4.78, 5) is 0. The summed E-state index contributed by atoms with van der Waals surface area (Å²) in [5, 5.41) is 22.0. The number of hydrogen-bond donors (Lipinski definition) is 2. The van der Waals surface area contributed by atoms with Crippen LogP contribution in [0.5, 0.6) is 0 Å². The molecule has 9 heteroatoms. The molecule has 33 heavy (non-hydrogen) atoms. The molecule has 0 bridgehead atoms. The number of likely N-dealkylation sites (N-methyl/N-ethyl adjacent to an activating group) is 2. The molecule has 0 amide bonds. The molecule has 2 aromatic rings. The number of benzene rings is 2. The van der Waals surface area contributed by atoms with Gasteiger partial charge in [0.05, 0.1) is 41.4 Å². The zero-order valence-electron chi connectivity index (χ0n) is 19.6. The zero-order chi connectivity index (χ0) is 21.6. The molecule has 2 heterocycles. The van der Waals surface area contributed by atoms with Gasteiger partial charge in [0, 0.05) is 11.1 Å². The summed E-state index contributed by atoms with van der Waals surface area (Å²) in [6, 6.07) is 15.8. The predicted molar refractivity (Wildman–Crippen MR) is 115 cm³/mol. The molecule has 6 nitrogen and oxygen atoms in total. The van der Waals surface area contributed by atoms with E-state index >= 15 is 0 Å². The largest absolute Gasteiger partial charge is 1.00 e. The molecule has 0 aliphatic carbocycles. The molecule has 2 N–H and O–H groups in total. The lowest BCUT2D eigenvalue weighted by atomic mass is 9.96.